The van der Waals surface area contributed by atoms with Crippen LogP contribution in [-0.4, -0.2) is 43.4 Å². The van der Waals surface area contributed by atoms with E-state index in [9.17, 15) is 9.59 Å². The van der Waals surface area contributed by atoms with Crippen molar-refractivity contribution in [2.45, 2.75) is 20.8 Å². The van der Waals surface area contributed by atoms with Gasteiger partial charge in [-0.2, -0.15) is 5.10 Å². The first-order valence-corrected chi connectivity index (χ1v) is 10.4. The smallest absolute Gasteiger partial charge is 0.338 e. The van der Waals surface area contributed by atoms with Gasteiger partial charge in [-0.25, -0.2) is 10.2 Å². The molecule has 0 aliphatic heterocycles. The molecule has 0 saturated carbocycles. The lowest BCUT2D eigenvalue weighted by atomic mass is 10.2. The Balaban J connectivity index is 1.79. The predicted octanol–water partition coefficient (Wildman–Crippen LogP) is 4.10. The molecule has 0 unspecified atom stereocenters. The first kappa shape index (κ1) is 22.8. The molecular weight excluding hydrogens is 404 g/mol. The molecule has 0 saturated heterocycles. The highest BCUT2D eigenvalue weighted by Crippen LogP contribution is 2.21. The van der Waals surface area contributed by atoms with Crippen molar-refractivity contribution in [3.05, 3.63) is 82.7 Å². The number of amides is 1. The third-order valence-electron chi connectivity index (χ3n) is 5.08. The number of esters is 1. The molecule has 0 fully saturated rings. The standard InChI is InChI=1S/C25H28N4O3/c1-6-32-25(31)20-10-8-12-23(15-20)29-17(2)13-21(18(29)3)16-26-27-24(30)19-9-7-11-22(14-19)28(4)5/h7-16H,6H2,1-5H3,(H,27,30)/b26-16-. The second-order valence-electron chi connectivity index (χ2n) is 7.58. The lowest BCUT2D eigenvalue weighted by molar-refractivity contribution is 0.0526. The minimum atomic E-state index is -0.348. The second kappa shape index (κ2) is 9.96. The molecule has 1 N–H and O–H groups in total. The monoisotopic (exact) mass is 432 g/mol. The average Bonchev–Trinajstić information content (AvgIpc) is 3.07. The zero-order chi connectivity index (χ0) is 23.3. The lowest BCUT2D eigenvalue weighted by Crippen LogP contribution is -2.18. The molecule has 1 heterocycles. The molecule has 0 aliphatic rings. The fourth-order valence-corrected chi connectivity index (χ4v) is 3.45. The summed E-state index contributed by atoms with van der Waals surface area (Å²) in [5.74, 6) is -0.624. The Kier molecular flexibility index (Phi) is 7.10. The molecular formula is C25H28N4O3. The Bertz CT molecular complexity index is 1160. The van der Waals surface area contributed by atoms with Crippen LogP contribution in [0.5, 0.6) is 0 Å². The molecule has 166 valence electrons. The highest BCUT2D eigenvalue weighted by molar-refractivity contribution is 5.96. The molecule has 0 radical (unpaired) electrons. The van der Waals surface area contributed by atoms with Crippen LogP contribution in [0, 0.1) is 13.8 Å². The molecule has 2 aromatic carbocycles. The Morgan fingerprint density at radius 1 is 1.06 bits per heavy atom. The first-order chi connectivity index (χ1) is 15.3. The summed E-state index contributed by atoms with van der Waals surface area (Å²) in [5.41, 5.74) is 8.21. The van der Waals surface area contributed by atoms with Crippen molar-refractivity contribution in [1.82, 2.24) is 9.99 Å². The molecule has 0 bridgehead atoms. The second-order valence-corrected chi connectivity index (χ2v) is 7.58. The maximum absolute atomic E-state index is 12.5. The van der Waals surface area contributed by atoms with E-state index in [-0.39, 0.29) is 11.9 Å². The number of ether oxygens (including phenoxy) is 1. The van der Waals surface area contributed by atoms with Gasteiger partial charge in [-0.3, -0.25) is 4.79 Å². The maximum Gasteiger partial charge on any atom is 0.338 e. The van der Waals surface area contributed by atoms with Gasteiger partial charge in [0.05, 0.1) is 18.4 Å². The number of carbonyl (C=O) groups is 2. The molecule has 0 spiro atoms. The minimum Gasteiger partial charge on any atom is -0.462 e. The Morgan fingerprint density at radius 3 is 2.50 bits per heavy atom. The summed E-state index contributed by atoms with van der Waals surface area (Å²) in [6.07, 6.45) is 1.63. The number of hydrazone groups is 1. The number of nitrogens with zero attached hydrogens (tertiary/aromatic N) is 3. The zero-order valence-electron chi connectivity index (χ0n) is 19.0. The number of hydrogen-bond acceptors (Lipinski definition) is 5. The maximum atomic E-state index is 12.5. The highest BCUT2D eigenvalue weighted by Gasteiger charge is 2.13. The Hall–Kier alpha value is -3.87. The van der Waals surface area contributed by atoms with Gasteiger partial charge in [0, 0.05) is 48.0 Å². The molecule has 32 heavy (non-hydrogen) atoms. The van der Waals surface area contributed by atoms with E-state index in [1.165, 1.54) is 0 Å². The van der Waals surface area contributed by atoms with Crippen molar-refractivity contribution in [2.24, 2.45) is 5.10 Å². The summed E-state index contributed by atoms with van der Waals surface area (Å²) in [5, 5.41) is 4.15. The quantitative estimate of drug-likeness (QED) is 0.346. The number of rotatable bonds is 7. The summed E-state index contributed by atoms with van der Waals surface area (Å²) >= 11 is 0. The van der Waals surface area contributed by atoms with Gasteiger partial charge in [0.25, 0.3) is 5.91 Å². The normalized spacial score (nSPS) is 10.9. The Labute approximate surface area is 188 Å². The van der Waals surface area contributed by atoms with Crippen LogP contribution in [0.3, 0.4) is 0 Å². The van der Waals surface area contributed by atoms with Gasteiger partial charge in [-0.15, -0.1) is 0 Å². The van der Waals surface area contributed by atoms with Crippen LogP contribution in [0.25, 0.3) is 5.69 Å². The van der Waals surface area contributed by atoms with Gasteiger partial charge in [0.1, 0.15) is 0 Å². The number of anilines is 1. The SMILES string of the molecule is CCOC(=O)c1cccc(-n2c(C)cc(/C=N\NC(=O)c3cccc(N(C)C)c3)c2C)c1. The zero-order valence-corrected chi connectivity index (χ0v) is 19.0. The molecule has 3 rings (SSSR count). The van der Waals surface area contributed by atoms with E-state index in [2.05, 4.69) is 10.5 Å². The summed E-state index contributed by atoms with van der Waals surface area (Å²) < 4.78 is 7.14. The third kappa shape index (κ3) is 5.06. The van der Waals surface area contributed by atoms with Crippen LogP contribution in [0.4, 0.5) is 5.69 Å². The molecule has 7 nitrogen and oxygen atoms in total. The van der Waals surface area contributed by atoms with E-state index in [4.69, 9.17) is 4.74 Å². The lowest BCUT2D eigenvalue weighted by Gasteiger charge is -2.12. The van der Waals surface area contributed by atoms with Crippen molar-refractivity contribution in [1.29, 1.82) is 0 Å². The number of carbonyl (C=O) groups excluding carboxylic acids is 2. The summed E-state index contributed by atoms with van der Waals surface area (Å²) in [4.78, 5) is 26.5. The predicted molar refractivity (Wildman–Crippen MR) is 127 cm³/mol. The van der Waals surface area contributed by atoms with Crippen molar-refractivity contribution in [3.8, 4) is 5.69 Å². The Morgan fingerprint density at radius 2 is 1.78 bits per heavy atom. The van der Waals surface area contributed by atoms with Gasteiger partial charge < -0.3 is 14.2 Å². The number of aryl methyl sites for hydroxylation is 1. The fraction of sp³-hybridized carbons (Fsp3) is 0.240. The summed E-state index contributed by atoms with van der Waals surface area (Å²) in [6.45, 7) is 6.06. The van der Waals surface area contributed by atoms with Crippen LogP contribution < -0.4 is 10.3 Å². The van der Waals surface area contributed by atoms with Gasteiger partial charge in [0.15, 0.2) is 0 Å². The highest BCUT2D eigenvalue weighted by atomic mass is 16.5. The number of hydrogen-bond donors (Lipinski definition) is 1. The van der Waals surface area contributed by atoms with Crippen LogP contribution in [-0.2, 0) is 4.74 Å². The third-order valence-corrected chi connectivity index (χ3v) is 5.08. The van der Waals surface area contributed by atoms with Crippen molar-refractivity contribution in [3.63, 3.8) is 0 Å². The van der Waals surface area contributed by atoms with Gasteiger partial charge in [-0.05, 0) is 63.2 Å². The van der Waals surface area contributed by atoms with Gasteiger partial charge in [-0.1, -0.05) is 12.1 Å². The fourth-order valence-electron chi connectivity index (χ4n) is 3.45. The van der Waals surface area contributed by atoms with E-state index in [1.807, 2.05) is 73.8 Å². The number of benzene rings is 2. The molecule has 0 aliphatic carbocycles. The summed E-state index contributed by atoms with van der Waals surface area (Å²) in [6, 6.07) is 16.6. The van der Waals surface area contributed by atoms with E-state index in [0.29, 0.717) is 17.7 Å². The van der Waals surface area contributed by atoms with Crippen LogP contribution in [0.2, 0.25) is 0 Å². The number of aromatic nitrogens is 1. The molecule has 1 amide bonds. The largest absolute Gasteiger partial charge is 0.462 e. The van der Waals surface area contributed by atoms with Crippen molar-refractivity contribution >= 4 is 23.8 Å². The van der Waals surface area contributed by atoms with E-state index in [0.717, 1.165) is 28.3 Å². The molecule has 7 heteroatoms. The van der Waals surface area contributed by atoms with Crippen molar-refractivity contribution < 1.29 is 14.3 Å². The van der Waals surface area contributed by atoms with Crippen LogP contribution >= 0.6 is 0 Å². The van der Waals surface area contributed by atoms with Crippen LogP contribution in [0.1, 0.15) is 44.6 Å². The van der Waals surface area contributed by atoms with Gasteiger partial charge >= 0.3 is 5.97 Å². The number of nitrogens with one attached hydrogen (secondary N) is 1. The minimum absolute atomic E-state index is 0.277. The van der Waals surface area contributed by atoms with Crippen LogP contribution in [0.15, 0.2) is 59.7 Å². The first-order valence-electron chi connectivity index (χ1n) is 10.4. The van der Waals surface area contributed by atoms with Crippen molar-refractivity contribution in [2.75, 3.05) is 25.6 Å². The van der Waals surface area contributed by atoms with E-state index >= 15 is 0 Å². The molecule has 1 aromatic heterocycles. The van der Waals surface area contributed by atoms with E-state index < -0.39 is 0 Å². The topological polar surface area (TPSA) is 75.9 Å². The van der Waals surface area contributed by atoms with Gasteiger partial charge in [0.2, 0.25) is 0 Å². The summed E-state index contributed by atoms with van der Waals surface area (Å²) in [7, 11) is 3.85. The molecule has 0 atom stereocenters. The molecule has 3 aromatic rings. The average molecular weight is 433 g/mol. The van der Waals surface area contributed by atoms with E-state index in [1.54, 1.807) is 31.3 Å².